The van der Waals surface area contributed by atoms with Gasteiger partial charge in [0, 0.05) is 18.7 Å². The molecule has 2 aromatic rings. The van der Waals surface area contributed by atoms with Crippen LogP contribution in [-0.2, 0) is 4.74 Å². The van der Waals surface area contributed by atoms with Gasteiger partial charge < -0.3 is 10.1 Å². The normalized spacial score (nSPS) is 21.3. The van der Waals surface area contributed by atoms with E-state index in [-0.39, 0.29) is 5.28 Å². The molecule has 0 spiro atoms. The van der Waals surface area contributed by atoms with Crippen molar-refractivity contribution in [3.63, 3.8) is 0 Å². The minimum atomic E-state index is 0.198. The Morgan fingerprint density at radius 3 is 2.60 bits per heavy atom. The predicted molar refractivity (Wildman–Crippen MR) is 77.7 cm³/mol. The van der Waals surface area contributed by atoms with Gasteiger partial charge in [-0.2, -0.15) is 15.0 Å². The smallest absolute Gasteiger partial charge is 0.227 e. The predicted octanol–water partition coefficient (Wildman–Crippen LogP) is 2.78. The molecule has 1 aliphatic carbocycles. The van der Waals surface area contributed by atoms with Gasteiger partial charge in [0.1, 0.15) is 0 Å². The second kappa shape index (κ2) is 5.73. The summed E-state index contributed by atoms with van der Waals surface area (Å²) in [5, 5.41) is 3.47. The van der Waals surface area contributed by atoms with Crippen LogP contribution in [0, 0.1) is 0 Å². The fourth-order valence-electron chi connectivity index (χ4n) is 2.19. The van der Waals surface area contributed by atoms with Gasteiger partial charge in [-0.05, 0) is 24.4 Å². The molecule has 1 N–H and O–H groups in total. The first-order chi connectivity index (χ1) is 9.74. The standard InChI is InChI=1S/C14H15ClN4O/c1-20-11-7-10(8-11)16-14-18-12(17-13(15)19-14)9-5-3-2-4-6-9/h2-6,10-11H,7-8H2,1H3,(H,16,17,18,19). The summed E-state index contributed by atoms with van der Waals surface area (Å²) in [6, 6.07) is 10.1. The van der Waals surface area contributed by atoms with E-state index < -0.39 is 0 Å². The second-order valence-corrected chi connectivity index (χ2v) is 5.13. The van der Waals surface area contributed by atoms with Gasteiger partial charge in [-0.25, -0.2) is 0 Å². The molecule has 104 valence electrons. The van der Waals surface area contributed by atoms with E-state index >= 15 is 0 Å². The topological polar surface area (TPSA) is 59.9 Å². The number of halogens is 1. The Morgan fingerprint density at radius 1 is 1.15 bits per heavy atom. The lowest BCUT2D eigenvalue weighted by Gasteiger charge is -2.34. The summed E-state index contributed by atoms with van der Waals surface area (Å²) in [6.45, 7) is 0. The third kappa shape index (κ3) is 2.89. The minimum Gasteiger partial charge on any atom is -0.381 e. The lowest BCUT2D eigenvalue weighted by atomic mass is 9.89. The molecule has 0 bridgehead atoms. The zero-order chi connectivity index (χ0) is 13.9. The Hall–Kier alpha value is -1.72. The Kier molecular flexibility index (Phi) is 3.80. The number of nitrogens with one attached hydrogen (secondary N) is 1. The molecule has 5 nitrogen and oxygen atoms in total. The second-order valence-electron chi connectivity index (χ2n) is 4.79. The average molecular weight is 291 g/mol. The molecular formula is C14H15ClN4O. The van der Waals surface area contributed by atoms with Crippen LogP contribution in [-0.4, -0.2) is 34.2 Å². The van der Waals surface area contributed by atoms with Gasteiger partial charge in [-0.15, -0.1) is 0 Å². The highest BCUT2D eigenvalue weighted by atomic mass is 35.5. The first kappa shape index (κ1) is 13.3. The molecule has 0 unspecified atom stereocenters. The molecule has 20 heavy (non-hydrogen) atoms. The SMILES string of the molecule is COC1CC(Nc2nc(Cl)nc(-c3ccccc3)n2)C1. The van der Waals surface area contributed by atoms with Crippen molar-refractivity contribution in [3.8, 4) is 11.4 Å². The maximum atomic E-state index is 5.97. The molecule has 0 atom stereocenters. The molecule has 3 rings (SSSR count). The summed E-state index contributed by atoms with van der Waals surface area (Å²) in [6.07, 6.45) is 2.25. The molecule has 1 fully saturated rings. The molecule has 0 aliphatic heterocycles. The van der Waals surface area contributed by atoms with Gasteiger partial charge in [0.25, 0.3) is 0 Å². The van der Waals surface area contributed by atoms with Gasteiger partial charge >= 0.3 is 0 Å². The summed E-state index contributed by atoms with van der Waals surface area (Å²) in [4.78, 5) is 12.7. The van der Waals surface area contributed by atoms with Crippen LogP contribution in [0.15, 0.2) is 30.3 Å². The first-order valence-electron chi connectivity index (χ1n) is 6.51. The Morgan fingerprint density at radius 2 is 1.90 bits per heavy atom. The van der Waals surface area contributed by atoms with E-state index in [9.17, 15) is 0 Å². The number of anilines is 1. The summed E-state index contributed by atoms with van der Waals surface area (Å²) in [7, 11) is 1.73. The summed E-state index contributed by atoms with van der Waals surface area (Å²) >= 11 is 5.97. The van der Waals surface area contributed by atoms with Crippen molar-refractivity contribution in [3.05, 3.63) is 35.6 Å². The maximum absolute atomic E-state index is 5.97. The van der Waals surface area contributed by atoms with Gasteiger partial charge in [0.15, 0.2) is 5.82 Å². The lowest BCUT2D eigenvalue weighted by molar-refractivity contribution is 0.0327. The Labute approximate surface area is 122 Å². The highest BCUT2D eigenvalue weighted by molar-refractivity contribution is 6.28. The average Bonchev–Trinajstić information content (AvgIpc) is 2.43. The van der Waals surface area contributed by atoms with Crippen molar-refractivity contribution in [2.45, 2.75) is 25.0 Å². The van der Waals surface area contributed by atoms with Crippen LogP contribution in [0.4, 0.5) is 5.95 Å². The van der Waals surface area contributed by atoms with Crippen LogP contribution in [0.3, 0.4) is 0 Å². The van der Waals surface area contributed by atoms with Crippen LogP contribution < -0.4 is 5.32 Å². The van der Waals surface area contributed by atoms with Crippen LogP contribution in [0.1, 0.15) is 12.8 Å². The molecule has 1 aromatic heterocycles. The van der Waals surface area contributed by atoms with E-state index in [0.29, 0.717) is 23.9 Å². The molecular weight excluding hydrogens is 276 g/mol. The van der Waals surface area contributed by atoms with Crippen LogP contribution in [0.25, 0.3) is 11.4 Å². The van der Waals surface area contributed by atoms with Gasteiger partial charge in [-0.3, -0.25) is 0 Å². The summed E-state index contributed by atoms with van der Waals surface area (Å²) in [5.74, 6) is 1.10. The van der Waals surface area contributed by atoms with Crippen molar-refractivity contribution >= 4 is 17.5 Å². The van der Waals surface area contributed by atoms with Gasteiger partial charge in [-0.1, -0.05) is 30.3 Å². The molecule has 0 saturated heterocycles. The molecule has 1 saturated carbocycles. The van der Waals surface area contributed by atoms with E-state index in [4.69, 9.17) is 16.3 Å². The van der Waals surface area contributed by atoms with E-state index in [2.05, 4.69) is 20.3 Å². The van der Waals surface area contributed by atoms with Crippen molar-refractivity contribution in [2.75, 3.05) is 12.4 Å². The minimum absolute atomic E-state index is 0.198. The summed E-state index contributed by atoms with van der Waals surface area (Å²) in [5.41, 5.74) is 0.920. The monoisotopic (exact) mass is 290 g/mol. The highest BCUT2D eigenvalue weighted by Gasteiger charge is 2.29. The number of benzene rings is 1. The molecule has 1 aliphatic rings. The lowest BCUT2D eigenvalue weighted by Crippen LogP contribution is -2.40. The molecule has 1 heterocycles. The zero-order valence-corrected chi connectivity index (χ0v) is 11.8. The number of aromatic nitrogens is 3. The van der Waals surface area contributed by atoms with Gasteiger partial charge in [0.05, 0.1) is 6.10 Å². The maximum Gasteiger partial charge on any atom is 0.227 e. The molecule has 1 aromatic carbocycles. The largest absolute Gasteiger partial charge is 0.381 e. The number of nitrogens with zero attached hydrogens (tertiary/aromatic N) is 3. The van der Waals surface area contributed by atoms with E-state index in [0.717, 1.165) is 18.4 Å². The molecule has 0 amide bonds. The fourth-order valence-corrected chi connectivity index (χ4v) is 2.35. The van der Waals surface area contributed by atoms with E-state index in [1.165, 1.54) is 0 Å². The van der Waals surface area contributed by atoms with Crippen LogP contribution in [0.2, 0.25) is 5.28 Å². The Balaban J connectivity index is 1.77. The molecule has 6 heteroatoms. The number of ether oxygens (including phenoxy) is 1. The Bertz CT molecular complexity index is 587. The quantitative estimate of drug-likeness (QED) is 0.938. The van der Waals surface area contributed by atoms with Crippen molar-refractivity contribution in [1.29, 1.82) is 0 Å². The first-order valence-corrected chi connectivity index (χ1v) is 6.88. The number of hydrogen-bond donors (Lipinski definition) is 1. The zero-order valence-electron chi connectivity index (χ0n) is 11.1. The van der Waals surface area contributed by atoms with Crippen molar-refractivity contribution in [2.24, 2.45) is 0 Å². The third-order valence-electron chi connectivity index (χ3n) is 3.40. The van der Waals surface area contributed by atoms with E-state index in [1.807, 2.05) is 30.3 Å². The number of rotatable bonds is 4. The molecule has 0 radical (unpaired) electrons. The van der Waals surface area contributed by atoms with Gasteiger partial charge in [0.2, 0.25) is 11.2 Å². The summed E-state index contributed by atoms with van der Waals surface area (Å²) < 4.78 is 5.25. The van der Waals surface area contributed by atoms with Crippen molar-refractivity contribution < 1.29 is 4.74 Å². The number of hydrogen-bond acceptors (Lipinski definition) is 5. The van der Waals surface area contributed by atoms with Crippen LogP contribution >= 0.6 is 11.6 Å². The van der Waals surface area contributed by atoms with Crippen LogP contribution in [0.5, 0.6) is 0 Å². The fraction of sp³-hybridized carbons (Fsp3) is 0.357. The van der Waals surface area contributed by atoms with E-state index in [1.54, 1.807) is 7.11 Å². The number of methoxy groups -OCH3 is 1. The third-order valence-corrected chi connectivity index (χ3v) is 3.57. The van der Waals surface area contributed by atoms with Crippen molar-refractivity contribution in [1.82, 2.24) is 15.0 Å². The highest BCUT2D eigenvalue weighted by Crippen LogP contribution is 2.26.